The molecule has 0 saturated heterocycles. The molecule has 0 radical (unpaired) electrons. The molecule has 1 amide bonds. The number of benzene rings is 2. The summed E-state index contributed by atoms with van der Waals surface area (Å²) >= 11 is 0. The number of carbonyl (C=O) groups is 1. The highest BCUT2D eigenvalue weighted by molar-refractivity contribution is 5.76. The lowest BCUT2D eigenvalue weighted by atomic mass is 9.87. The van der Waals surface area contributed by atoms with Crippen molar-refractivity contribution < 1.29 is 19.0 Å². The van der Waals surface area contributed by atoms with Crippen molar-refractivity contribution in [3.8, 4) is 17.2 Å². The Morgan fingerprint density at radius 3 is 2.20 bits per heavy atom. The first-order valence-corrected chi connectivity index (χ1v) is 10.7. The number of rotatable bonds is 11. The lowest BCUT2D eigenvalue weighted by Crippen LogP contribution is -2.28. The van der Waals surface area contributed by atoms with Crippen molar-refractivity contribution in [2.75, 3.05) is 26.4 Å². The van der Waals surface area contributed by atoms with Gasteiger partial charge in [-0.15, -0.1) is 0 Å². The summed E-state index contributed by atoms with van der Waals surface area (Å²) in [6, 6.07) is 14.0. The Kier molecular flexibility index (Phi) is 9.03. The number of ether oxygens (including phenoxy) is 3. The van der Waals surface area contributed by atoms with Crippen LogP contribution in [-0.2, 0) is 16.6 Å². The smallest absolute Gasteiger partial charge is 0.220 e. The van der Waals surface area contributed by atoms with E-state index >= 15 is 0 Å². The minimum atomic E-state index is 0.00789. The van der Waals surface area contributed by atoms with Crippen LogP contribution in [0.1, 0.15) is 52.2 Å². The van der Waals surface area contributed by atoms with E-state index in [9.17, 15) is 4.79 Å². The largest absolute Gasteiger partial charge is 0.492 e. The summed E-state index contributed by atoms with van der Waals surface area (Å²) in [4.78, 5) is 12.1. The maximum atomic E-state index is 12.1. The lowest BCUT2D eigenvalue weighted by Gasteiger charge is -2.19. The van der Waals surface area contributed by atoms with Crippen LogP contribution in [0.4, 0.5) is 0 Å². The van der Waals surface area contributed by atoms with Crippen LogP contribution in [-0.4, -0.2) is 32.3 Å². The topological polar surface area (TPSA) is 56.8 Å². The third-order valence-electron chi connectivity index (χ3n) is 4.66. The van der Waals surface area contributed by atoms with Crippen LogP contribution in [0.15, 0.2) is 42.5 Å². The van der Waals surface area contributed by atoms with E-state index in [1.807, 2.05) is 44.2 Å². The first kappa shape index (κ1) is 23.6. The number of nitrogens with one attached hydrogen (secondary N) is 1. The number of hydrogen-bond acceptors (Lipinski definition) is 4. The van der Waals surface area contributed by atoms with Gasteiger partial charge in [0.1, 0.15) is 12.4 Å². The third kappa shape index (κ3) is 7.62. The van der Waals surface area contributed by atoms with Crippen molar-refractivity contribution in [2.24, 2.45) is 0 Å². The Hall–Kier alpha value is -2.69. The molecule has 0 atom stereocenters. The fraction of sp³-hybridized carbons (Fsp3) is 0.480. The molecule has 5 heteroatoms. The van der Waals surface area contributed by atoms with Gasteiger partial charge in [-0.3, -0.25) is 4.79 Å². The number of carbonyl (C=O) groups excluding carboxylic acids is 1. The first-order valence-electron chi connectivity index (χ1n) is 10.7. The van der Waals surface area contributed by atoms with Crippen LogP contribution in [0.2, 0.25) is 0 Å². The van der Waals surface area contributed by atoms with Gasteiger partial charge < -0.3 is 19.5 Å². The van der Waals surface area contributed by atoms with Gasteiger partial charge in [-0.25, -0.2) is 0 Å². The molecule has 0 spiro atoms. The van der Waals surface area contributed by atoms with Crippen LogP contribution < -0.4 is 19.5 Å². The van der Waals surface area contributed by atoms with E-state index in [-0.39, 0.29) is 11.3 Å². The van der Waals surface area contributed by atoms with Crippen LogP contribution in [0.5, 0.6) is 17.2 Å². The molecule has 164 valence electrons. The molecule has 0 aliphatic rings. The van der Waals surface area contributed by atoms with Gasteiger partial charge in [-0.2, -0.15) is 0 Å². The predicted molar refractivity (Wildman–Crippen MR) is 121 cm³/mol. The second-order valence-electron chi connectivity index (χ2n) is 8.12. The first-order chi connectivity index (χ1) is 14.3. The van der Waals surface area contributed by atoms with E-state index in [0.29, 0.717) is 39.2 Å². The molecule has 1 N–H and O–H groups in total. The highest BCUT2D eigenvalue weighted by Crippen LogP contribution is 2.29. The molecule has 0 fully saturated rings. The molecule has 0 heterocycles. The summed E-state index contributed by atoms with van der Waals surface area (Å²) in [7, 11) is 0. The zero-order chi connectivity index (χ0) is 22.0. The Balaban J connectivity index is 1.73. The maximum absolute atomic E-state index is 12.1. The number of hydrogen-bond donors (Lipinski definition) is 1. The Bertz CT molecular complexity index is 794. The average molecular weight is 414 g/mol. The van der Waals surface area contributed by atoms with Crippen LogP contribution in [0.3, 0.4) is 0 Å². The fourth-order valence-corrected chi connectivity index (χ4v) is 3.01. The van der Waals surface area contributed by atoms with Gasteiger partial charge in [0.05, 0.1) is 19.8 Å². The standard InChI is InChI=1S/C25H35NO4/c1-6-28-22-14-8-19(18-23(22)29-7-2)9-15-24(27)26-16-17-30-21-12-10-20(11-13-21)25(3,4)5/h8,10-14,18H,6-7,9,15-17H2,1-5H3,(H,26,27). The van der Waals surface area contributed by atoms with Crippen LogP contribution >= 0.6 is 0 Å². The highest BCUT2D eigenvalue weighted by atomic mass is 16.5. The van der Waals surface area contributed by atoms with Crippen molar-refractivity contribution in [2.45, 2.75) is 52.9 Å². The fourth-order valence-electron chi connectivity index (χ4n) is 3.01. The molecule has 0 aromatic heterocycles. The summed E-state index contributed by atoms with van der Waals surface area (Å²) in [6.45, 7) is 12.5. The molecular formula is C25H35NO4. The van der Waals surface area contributed by atoms with E-state index in [1.54, 1.807) is 0 Å². The lowest BCUT2D eigenvalue weighted by molar-refractivity contribution is -0.121. The van der Waals surface area contributed by atoms with Gasteiger partial charge in [0.2, 0.25) is 5.91 Å². The van der Waals surface area contributed by atoms with Crippen molar-refractivity contribution in [3.63, 3.8) is 0 Å². The van der Waals surface area contributed by atoms with Gasteiger partial charge in [-0.05, 0) is 61.1 Å². The average Bonchev–Trinajstić information content (AvgIpc) is 2.71. The molecule has 2 rings (SSSR count). The van der Waals surface area contributed by atoms with Gasteiger partial charge in [0.25, 0.3) is 0 Å². The van der Waals surface area contributed by atoms with E-state index in [2.05, 4.69) is 38.2 Å². The highest BCUT2D eigenvalue weighted by Gasteiger charge is 2.13. The van der Waals surface area contributed by atoms with Gasteiger partial charge in [0.15, 0.2) is 11.5 Å². The molecule has 2 aromatic carbocycles. The molecular weight excluding hydrogens is 378 g/mol. The van der Waals surface area contributed by atoms with Crippen molar-refractivity contribution in [1.82, 2.24) is 5.32 Å². The van der Waals surface area contributed by atoms with Gasteiger partial charge in [0, 0.05) is 6.42 Å². The van der Waals surface area contributed by atoms with Crippen molar-refractivity contribution in [1.29, 1.82) is 0 Å². The Labute approximate surface area is 180 Å². The Morgan fingerprint density at radius 1 is 0.900 bits per heavy atom. The minimum Gasteiger partial charge on any atom is -0.492 e. The summed E-state index contributed by atoms with van der Waals surface area (Å²) in [6.07, 6.45) is 1.06. The minimum absolute atomic E-state index is 0.00789. The molecule has 0 aliphatic heterocycles. The second kappa shape index (κ2) is 11.5. The zero-order valence-corrected chi connectivity index (χ0v) is 18.9. The number of amides is 1. The molecule has 0 aliphatic carbocycles. The quantitative estimate of drug-likeness (QED) is 0.532. The van der Waals surface area contributed by atoms with E-state index < -0.39 is 0 Å². The van der Waals surface area contributed by atoms with E-state index in [0.717, 1.165) is 22.8 Å². The molecule has 0 bridgehead atoms. The molecule has 30 heavy (non-hydrogen) atoms. The van der Waals surface area contributed by atoms with Crippen molar-refractivity contribution in [3.05, 3.63) is 53.6 Å². The molecule has 0 saturated carbocycles. The summed E-state index contributed by atoms with van der Waals surface area (Å²) in [5, 5.41) is 2.91. The predicted octanol–water partition coefficient (Wildman–Crippen LogP) is 4.91. The third-order valence-corrected chi connectivity index (χ3v) is 4.66. The van der Waals surface area contributed by atoms with Crippen LogP contribution in [0.25, 0.3) is 0 Å². The number of aryl methyl sites for hydroxylation is 1. The van der Waals surface area contributed by atoms with Crippen molar-refractivity contribution >= 4 is 5.91 Å². The Morgan fingerprint density at radius 2 is 1.57 bits per heavy atom. The second-order valence-corrected chi connectivity index (χ2v) is 8.12. The van der Waals surface area contributed by atoms with Gasteiger partial charge >= 0.3 is 0 Å². The monoisotopic (exact) mass is 413 g/mol. The summed E-state index contributed by atoms with van der Waals surface area (Å²) in [5.41, 5.74) is 2.44. The maximum Gasteiger partial charge on any atom is 0.220 e. The summed E-state index contributed by atoms with van der Waals surface area (Å²) in [5.74, 6) is 2.28. The normalized spacial score (nSPS) is 11.1. The zero-order valence-electron chi connectivity index (χ0n) is 18.9. The van der Waals surface area contributed by atoms with Gasteiger partial charge in [-0.1, -0.05) is 39.0 Å². The molecule has 2 aromatic rings. The molecule has 5 nitrogen and oxygen atoms in total. The van der Waals surface area contributed by atoms with E-state index in [1.165, 1.54) is 5.56 Å². The SMILES string of the molecule is CCOc1ccc(CCC(=O)NCCOc2ccc(C(C)(C)C)cc2)cc1OCC. The summed E-state index contributed by atoms with van der Waals surface area (Å²) < 4.78 is 16.9. The molecule has 0 unspecified atom stereocenters. The van der Waals surface area contributed by atoms with E-state index in [4.69, 9.17) is 14.2 Å². The van der Waals surface area contributed by atoms with Crippen LogP contribution in [0, 0.1) is 0 Å².